The van der Waals surface area contributed by atoms with Gasteiger partial charge in [-0.2, -0.15) is 9.97 Å². The van der Waals surface area contributed by atoms with Gasteiger partial charge in [-0.05, 0) is 20.8 Å². The number of aromatic nitrogens is 4. The molecule has 170 valence electrons. The summed E-state index contributed by atoms with van der Waals surface area (Å²) in [5, 5.41) is 25.8. The van der Waals surface area contributed by atoms with Crippen molar-refractivity contribution in [1.82, 2.24) is 24.8 Å². The van der Waals surface area contributed by atoms with Crippen molar-refractivity contribution in [3.05, 3.63) is 6.33 Å². The van der Waals surface area contributed by atoms with Crippen LogP contribution in [-0.2, 0) is 14.3 Å². The Morgan fingerprint density at radius 2 is 1.97 bits per heavy atom. The lowest BCUT2D eigenvalue weighted by Crippen LogP contribution is -2.39. The lowest BCUT2D eigenvalue weighted by Gasteiger charge is -2.19. The van der Waals surface area contributed by atoms with Gasteiger partial charge in [0.15, 0.2) is 23.8 Å². The number of nitrogens with two attached hydrogens (primary N) is 2. The zero-order valence-corrected chi connectivity index (χ0v) is 17.3. The number of alkyl carbamates (subject to hydrolysis) is 1. The van der Waals surface area contributed by atoms with Crippen LogP contribution in [0.25, 0.3) is 11.2 Å². The number of aliphatic hydroxyl groups excluding tert-OH is 2. The van der Waals surface area contributed by atoms with E-state index in [4.69, 9.17) is 20.9 Å². The number of primary amides is 1. The molecule has 0 unspecified atom stereocenters. The molecule has 2 aromatic heterocycles. The minimum atomic E-state index is -1.50. The number of carbonyl (C=O) groups excluding carboxylic acids is 2. The molecule has 14 heteroatoms. The summed E-state index contributed by atoms with van der Waals surface area (Å²) >= 11 is 0. The average molecular weight is 438 g/mol. The zero-order chi connectivity index (χ0) is 22.9. The summed E-state index contributed by atoms with van der Waals surface area (Å²) < 4.78 is 11.9. The van der Waals surface area contributed by atoms with Gasteiger partial charge in [0, 0.05) is 13.1 Å². The number of ether oxygens (including phenoxy) is 2. The number of aliphatic hydroxyl groups is 2. The van der Waals surface area contributed by atoms with Gasteiger partial charge in [0.1, 0.15) is 23.3 Å². The Labute approximate surface area is 176 Å². The molecule has 2 amide bonds. The summed E-state index contributed by atoms with van der Waals surface area (Å²) in [7, 11) is 0. The summed E-state index contributed by atoms with van der Waals surface area (Å²) in [6, 6.07) is 0. The van der Waals surface area contributed by atoms with Crippen molar-refractivity contribution < 1.29 is 29.3 Å². The summed E-state index contributed by atoms with van der Waals surface area (Å²) in [5.41, 5.74) is 11.0. The largest absolute Gasteiger partial charge is 0.444 e. The second-order valence-electron chi connectivity index (χ2n) is 7.94. The number of anilines is 2. The van der Waals surface area contributed by atoms with Crippen LogP contribution in [0.2, 0.25) is 0 Å². The smallest absolute Gasteiger partial charge is 0.407 e. The van der Waals surface area contributed by atoms with Gasteiger partial charge in [0.2, 0.25) is 11.9 Å². The highest BCUT2D eigenvalue weighted by molar-refractivity contribution is 5.83. The Kier molecular flexibility index (Phi) is 6.15. The molecule has 0 aliphatic carbocycles. The molecule has 1 aliphatic heterocycles. The first-order valence-corrected chi connectivity index (χ1v) is 9.49. The summed E-state index contributed by atoms with van der Waals surface area (Å²) in [6.07, 6.45) is -4.75. The first-order chi connectivity index (χ1) is 14.5. The van der Waals surface area contributed by atoms with Crippen LogP contribution in [0, 0.1) is 0 Å². The van der Waals surface area contributed by atoms with E-state index < -0.39 is 42.1 Å². The molecule has 14 nitrogen and oxygen atoms in total. The quantitative estimate of drug-likeness (QED) is 0.284. The van der Waals surface area contributed by atoms with Crippen molar-refractivity contribution >= 4 is 34.9 Å². The van der Waals surface area contributed by atoms with Crippen LogP contribution in [0.1, 0.15) is 27.0 Å². The van der Waals surface area contributed by atoms with E-state index in [0.717, 1.165) is 0 Å². The van der Waals surface area contributed by atoms with Gasteiger partial charge < -0.3 is 41.8 Å². The highest BCUT2D eigenvalue weighted by Crippen LogP contribution is 2.32. The topological polar surface area (TPSA) is 213 Å². The summed E-state index contributed by atoms with van der Waals surface area (Å²) in [5.74, 6) is -0.712. The van der Waals surface area contributed by atoms with Crippen LogP contribution in [0.15, 0.2) is 6.33 Å². The van der Waals surface area contributed by atoms with E-state index in [1.54, 1.807) is 20.8 Å². The van der Waals surface area contributed by atoms with Crippen LogP contribution in [0.4, 0.5) is 16.6 Å². The first-order valence-electron chi connectivity index (χ1n) is 9.49. The number of imidazole rings is 1. The lowest BCUT2D eigenvalue weighted by molar-refractivity contribution is -0.134. The number of amides is 2. The van der Waals surface area contributed by atoms with E-state index in [9.17, 15) is 19.8 Å². The van der Waals surface area contributed by atoms with Gasteiger partial charge in [0.25, 0.3) is 0 Å². The van der Waals surface area contributed by atoms with Crippen LogP contribution in [0.3, 0.4) is 0 Å². The van der Waals surface area contributed by atoms with Crippen LogP contribution in [-0.4, -0.2) is 78.7 Å². The van der Waals surface area contributed by atoms with Crippen molar-refractivity contribution in [2.75, 3.05) is 24.1 Å². The Morgan fingerprint density at radius 1 is 1.26 bits per heavy atom. The van der Waals surface area contributed by atoms with Crippen molar-refractivity contribution in [3.8, 4) is 0 Å². The molecule has 2 aromatic rings. The maximum atomic E-state index is 11.7. The third kappa shape index (κ3) is 4.92. The van der Waals surface area contributed by atoms with Gasteiger partial charge in [-0.15, -0.1) is 0 Å². The van der Waals surface area contributed by atoms with E-state index in [0.29, 0.717) is 0 Å². The minimum Gasteiger partial charge on any atom is -0.444 e. The average Bonchev–Trinajstić information content (AvgIpc) is 3.19. The number of nitrogen functional groups attached to an aromatic ring is 1. The lowest BCUT2D eigenvalue weighted by atomic mass is 10.1. The Bertz CT molecular complexity index is 973. The highest BCUT2D eigenvalue weighted by Gasteiger charge is 2.47. The Hall–Kier alpha value is -3.23. The van der Waals surface area contributed by atoms with Crippen molar-refractivity contribution in [2.45, 2.75) is 50.9 Å². The fraction of sp³-hybridized carbons (Fsp3) is 0.588. The molecule has 3 heterocycles. The molecule has 0 radical (unpaired) electrons. The van der Waals surface area contributed by atoms with Crippen LogP contribution in [0.5, 0.6) is 0 Å². The molecule has 1 fully saturated rings. The predicted octanol–water partition coefficient (Wildman–Crippen LogP) is -1.55. The molecule has 8 N–H and O–H groups in total. The van der Waals surface area contributed by atoms with E-state index >= 15 is 0 Å². The molecular weight excluding hydrogens is 412 g/mol. The first kappa shape index (κ1) is 22.5. The number of hydrogen-bond donors (Lipinski definition) is 6. The third-order valence-electron chi connectivity index (χ3n) is 4.32. The van der Waals surface area contributed by atoms with Crippen molar-refractivity contribution in [3.63, 3.8) is 0 Å². The number of carbonyl (C=O) groups is 2. The van der Waals surface area contributed by atoms with E-state index in [2.05, 4.69) is 25.6 Å². The van der Waals surface area contributed by atoms with Crippen LogP contribution < -0.4 is 22.1 Å². The second-order valence-corrected chi connectivity index (χ2v) is 7.94. The molecule has 0 aromatic carbocycles. The Balaban J connectivity index is 1.71. The fourth-order valence-electron chi connectivity index (χ4n) is 2.98. The fourth-order valence-corrected chi connectivity index (χ4v) is 2.98. The monoisotopic (exact) mass is 438 g/mol. The van der Waals surface area contributed by atoms with Gasteiger partial charge in [-0.1, -0.05) is 0 Å². The second kappa shape index (κ2) is 8.49. The molecular formula is C17H26N8O6. The molecule has 3 rings (SSSR count). The number of nitrogens with one attached hydrogen (secondary N) is 2. The number of hydrogen-bond acceptors (Lipinski definition) is 11. The molecule has 0 spiro atoms. The van der Waals surface area contributed by atoms with Gasteiger partial charge >= 0.3 is 6.09 Å². The van der Waals surface area contributed by atoms with Crippen LogP contribution >= 0.6 is 0 Å². The normalized spacial score (nSPS) is 23.6. The standard InChI is InChI=1S/C17H26N8O6/c1-17(2,3)31-16(29)21-5-4-20-15-23-11(18)7-13(24-15)25(6-22-7)14-9(27)8(26)10(30-14)12(19)28/h6,8-10,14,26-27H,4-5H2,1-3H3,(H2,19,28)(H,21,29)(H3,18,20,23,24)/t8-,9+,10-,14+/m0/s1. The maximum Gasteiger partial charge on any atom is 0.407 e. The highest BCUT2D eigenvalue weighted by atomic mass is 16.6. The molecule has 0 bridgehead atoms. The zero-order valence-electron chi connectivity index (χ0n) is 17.3. The Morgan fingerprint density at radius 3 is 2.58 bits per heavy atom. The molecule has 1 saturated heterocycles. The van der Waals surface area contributed by atoms with E-state index in [1.165, 1.54) is 10.9 Å². The molecule has 0 saturated carbocycles. The van der Waals surface area contributed by atoms with Crippen molar-refractivity contribution in [2.24, 2.45) is 5.73 Å². The van der Waals surface area contributed by atoms with Gasteiger partial charge in [-0.25, -0.2) is 9.78 Å². The molecule has 31 heavy (non-hydrogen) atoms. The van der Waals surface area contributed by atoms with Gasteiger partial charge in [0.05, 0.1) is 6.33 Å². The predicted molar refractivity (Wildman–Crippen MR) is 108 cm³/mol. The summed E-state index contributed by atoms with van der Waals surface area (Å²) in [6.45, 7) is 5.77. The molecule has 1 aliphatic rings. The van der Waals surface area contributed by atoms with Crippen molar-refractivity contribution in [1.29, 1.82) is 0 Å². The maximum absolute atomic E-state index is 11.7. The van der Waals surface area contributed by atoms with E-state index in [1.807, 2.05) is 0 Å². The SMILES string of the molecule is CC(C)(C)OC(=O)NCCNc1nc(N)c2ncn([C@@H]3O[C@H](C(N)=O)[C@@H](O)[C@H]3O)c2n1. The molecule has 4 atom stereocenters. The summed E-state index contributed by atoms with van der Waals surface area (Å²) in [4.78, 5) is 35.6. The van der Waals surface area contributed by atoms with Gasteiger partial charge in [-0.3, -0.25) is 9.36 Å². The number of fused-ring (bicyclic) bond motifs is 1. The van der Waals surface area contributed by atoms with E-state index in [-0.39, 0.29) is 36.0 Å². The third-order valence-corrected chi connectivity index (χ3v) is 4.32. The minimum absolute atomic E-state index is 0.0610. The number of rotatable bonds is 6. The number of nitrogens with zero attached hydrogens (tertiary/aromatic N) is 4.